The quantitative estimate of drug-likeness (QED) is 0.333. The number of fused-ring (bicyclic) bond motifs is 1. The molecule has 1 aromatic carbocycles. The summed E-state index contributed by atoms with van der Waals surface area (Å²) in [6.07, 6.45) is 4.99. The molecule has 5 heterocycles. The number of pyridine rings is 1. The second-order valence-electron chi connectivity index (χ2n) is 11.3. The lowest BCUT2D eigenvalue weighted by atomic mass is 9.88. The number of imidazole rings is 1. The molecule has 0 bridgehead atoms. The first-order chi connectivity index (χ1) is 20.6. The number of nitrogens with one attached hydrogen (secondary N) is 1. The van der Waals surface area contributed by atoms with E-state index in [2.05, 4.69) is 32.2 Å². The standard InChI is InChI=1S/C30H34F2N8O3/c1-17-13-39(14-23(33)28(17)38(3)18(2)41)26-7-8-34-12-25(26)36-29-35-11-20-5-6-24(37-40(20)29)27-21(31)9-19(10-22(27)32)30(42-4)15-43-16-30/h5-12,17,23,28H,13-16,33H2,1-4H3,(H,35,36)/t17-,23+,28-/m0/s1. The number of halogens is 2. The van der Waals surface area contributed by atoms with Crippen molar-refractivity contribution < 1.29 is 23.0 Å². The second kappa shape index (κ2) is 11.1. The van der Waals surface area contributed by atoms with Gasteiger partial charge in [0.1, 0.15) is 17.2 Å². The van der Waals surface area contributed by atoms with E-state index in [0.29, 0.717) is 35.8 Å². The van der Waals surface area contributed by atoms with E-state index >= 15 is 8.78 Å². The largest absolute Gasteiger partial charge is 0.375 e. The number of carbonyl (C=O) groups is 1. The minimum Gasteiger partial charge on any atom is -0.375 e. The molecule has 0 spiro atoms. The highest BCUT2D eigenvalue weighted by Gasteiger charge is 2.42. The van der Waals surface area contributed by atoms with Gasteiger partial charge in [-0.25, -0.2) is 13.8 Å². The molecule has 11 nitrogen and oxygen atoms in total. The van der Waals surface area contributed by atoms with Gasteiger partial charge >= 0.3 is 0 Å². The Morgan fingerprint density at radius 1 is 1.19 bits per heavy atom. The zero-order chi connectivity index (χ0) is 30.5. The molecule has 4 aromatic rings. The van der Waals surface area contributed by atoms with Crippen LogP contribution in [0.25, 0.3) is 16.8 Å². The van der Waals surface area contributed by atoms with Crippen LogP contribution in [0.5, 0.6) is 0 Å². The van der Waals surface area contributed by atoms with Crippen molar-refractivity contribution in [2.75, 3.05) is 50.7 Å². The van der Waals surface area contributed by atoms with Gasteiger partial charge < -0.3 is 30.3 Å². The highest BCUT2D eigenvalue weighted by molar-refractivity contribution is 5.75. The predicted molar refractivity (Wildman–Crippen MR) is 157 cm³/mol. The zero-order valence-electron chi connectivity index (χ0n) is 24.4. The van der Waals surface area contributed by atoms with Crippen molar-refractivity contribution in [1.29, 1.82) is 0 Å². The molecular formula is C30H34F2N8O3. The Labute approximate surface area is 247 Å². The molecule has 6 rings (SSSR count). The van der Waals surface area contributed by atoms with E-state index in [1.165, 1.54) is 23.8 Å². The normalized spacial score (nSPS) is 21.5. The topological polar surface area (TPSA) is 123 Å². The van der Waals surface area contributed by atoms with E-state index in [0.717, 1.165) is 5.69 Å². The number of benzene rings is 1. The predicted octanol–water partition coefficient (Wildman–Crippen LogP) is 3.32. The Bertz CT molecular complexity index is 1640. The summed E-state index contributed by atoms with van der Waals surface area (Å²) in [4.78, 5) is 24.7. The zero-order valence-corrected chi connectivity index (χ0v) is 24.4. The Morgan fingerprint density at radius 3 is 2.56 bits per heavy atom. The van der Waals surface area contributed by atoms with Crippen molar-refractivity contribution >= 4 is 28.7 Å². The molecular weight excluding hydrogens is 558 g/mol. The molecule has 43 heavy (non-hydrogen) atoms. The lowest BCUT2D eigenvalue weighted by molar-refractivity contribution is -0.202. The first-order valence-electron chi connectivity index (χ1n) is 14.0. The number of anilines is 3. The van der Waals surface area contributed by atoms with Crippen molar-refractivity contribution in [2.24, 2.45) is 11.7 Å². The molecule has 1 amide bonds. The summed E-state index contributed by atoms with van der Waals surface area (Å²) in [5.41, 5.74) is 8.09. The fourth-order valence-electron chi connectivity index (χ4n) is 6.14. The number of ether oxygens (including phenoxy) is 2. The average molecular weight is 593 g/mol. The summed E-state index contributed by atoms with van der Waals surface area (Å²) >= 11 is 0. The molecule has 3 atom stereocenters. The van der Waals surface area contributed by atoms with Crippen molar-refractivity contribution in [3.8, 4) is 11.3 Å². The molecule has 2 aliphatic rings. The molecule has 3 aromatic heterocycles. The first-order valence-corrected chi connectivity index (χ1v) is 14.0. The van der Waals surface area contributed by atoms with Gasteiger partial charge in [0.25, 0.3) is 0 Å². The first kappa shape index (κ1) is 28.9. The minimum absolute atomic E-state index is 0.0207. The molecule has 2 saturated heterocycles. The Balaban J connectivity index is 1.30. The number of likely N-dealkylation sites (N-methyl/N-ethyl adjacent to an activating group) is 1. The molecule has 2 fully saturated rings. The van der Waals surface area contributed by atoms with E-state index in [-0.39, 0.29) is 48.4 Å². The molecule has 0 saturated carbocycles. The van der Waals surface area contributed by atoms with Crippen LogP contribution in [0.3, 0.4) is 0 Å². The van der Waals surface area contributed by atoms with Gasteiger partial charge in [-0.1, -0.05) is 6.92 Å². The van der Waals surface area contributed by atoms with E-state index in [4.69, 9.17) is 15.2 Å². The van der Waals surface area contributed by atoms with Crippen molar-refractivity contribution in [1.82, 2.24) is 24.5 Å². The van der Waals surface area contributed by atoms with Crippen LogP contribution in [-0.2, 0) is 19.9 Å². The number of rotatable bonds is 7. The van der Waals surface area contributed by atoms with Crippen LogP contribution < -0.4 is 16.0 Å². The van der Waals surface area contributed by atoms with Gasteiger partial charge in [-0.05, 0) is 41.8 Å². The maximum Gasteiger partial charge on any atom is 0.229 e. The van der Waals surface area contributed by atoms with Crippen LogP contribution in [0.2, 0.25) is 0 Å². The summed E-state index contributed by atoms with van der Waals surface area (Å²) in [6, 6.07) is 7.34. The van der Waals surface area contributed by atoms with Crippen molar-refractivity contribution in [3.05, 3.63) is 66.1 Å². The highest BCUT2D eigenvalue weighted by atomic mass is 19.1. The van der Waals surface area contributed by atoms with Gasteiger partial charge in [-0.3, -0.25) is 9.78 Å². The van der Waals surface area contributed by atoms with Crippen LogP contribution in [-0.4, -0.2) is 82.9 Å². The van der Waals surface area contributed by atoms with Gasteiger partial charge in [-0.2, -0.15) is 9.61 Å². The Morgan fingerprint density at radius 2 is 1.93 bits per heavy atom. The Hall–Kier alpha value is -4.20. The fraction of sp³-hybridized carbons (Fsp3) is 0.400. The number of nitrogens with two attached hydrogens (primary N) is 1. The summed E-state index contributed by atoms with van der Waals surface area (Å²) in [5.74, 6) is -1.07. The molecule has 13 heteroatoms. The minimum atomic E-state index is -0.860. The smallest absolute Gasteiger partial charge is 0.229 e. The average Bonchev–Trinajstić information content (AvgIpc) is 3.34. The summed E-state index contributed by atoms with van der Waals surface area (Å²) in [6.45, 7) is 5.28. The monoisotopic (exact) mass is 592 g/mol. The summed E-state index contributed by atoms with van der Waals surface area (Å²) in [5, 5.41) is 7.84. The van der Waals surface area contributed by atoms with Gasteiger partial charge in [0.05, 0.1) is 59.8 Å². The van der Waals surface area contributed by atoms with Gasteiger partial charge in [-0.15, -0.1) is 0 Å². The number of carbonyl (C=O) groups excluding carboxylic acids is 1. The molecule has 0 unspecified atom stereocenters. The number of aromatic nitrogens is 4. The third-order valence-corrected chi connectivity index (χ3v) is 8.56. The van der Waals surface area contributed by atoms with Crippen LogP contribution in [0.1, 0.15) is 19.4 Å². The van der Waals surface area contributed by atoms with Gasteiger partial charge in [0.15, 0.2) is 0 Å². The summed E-state index contributed by atoms with van der Waals surface area (Å²) in [7, 11) is 3.28. The van der Waals surface area contributed by atoms with Crippen LogP contribution in [0.15, 0.2) is 48.9 Å². The third kappa shape index (κ3) is 5.07. The van der Waals surface area contributed by atoms with Crippen LogP contribution >= 0.6 is 0 Å². The lowest BCUT2D eigenvalue weighted by Crippen LogP contribution is -2.62. The highest BCUT2D eigenvalue weighted by Crippen LogP contribution is 2.37. The molecule has 0 aliphatic carbocycles. The lowest BCUT2D eigenvalue weighted by Gasteiger charge is -2.46. The number of nitrogens with zero attached hydrogens (tertiary/aromatic N) is 6. The number of methoxy groups -OCH3 is 1. The Kier molecular flexibility index (Phi) is 7.48. The van der Waals surface area contributed by atoms with Crippen LogP contribution in [0.4, 0.5) is 26.1 Å². The van der Waals surface area contributed by atoms with Crippen LogP contribution in [0, 0.1) is 17.6 Å². The molecule has 226 valence electrons. The molecule has 0 radical (unpaired) electrons. The number of hydrogen-bond donors (Lipinski definition) is 2. The van der Waals surface area contributed by atoms with E-state index in [1.54, 1.807) is 49.6 Å². The van der Waals surface area contributed by atoms with E-state index in [9.17, 15) is 4.79 Å². The fourth-order valence-corrected chi connectivity index (χ4v) is 6.14. The maximum atomic E-state index is 15.4. The molecule has 3 N–H and O–H groups in total. The molecule has 2 aliphatic heterocycles. The van der Waals surface area contributed by atoms with E-state index in [1.807, 2.05) is 6.07 Å². The maximum absolute atomic E-state index is 15.4. The van der Waals surface area contributed by atoms with Gasteiger partial charge in [0.2, 0.25) is 11.9 Å². The summed E-state index contributed by atoms with van der Waals surface area (Å²) < 4.78 is 43.0. The number of piperidine rings is 1. The van der Waals surface area contributed by atoms with Gasteiger partial charge in [0, 0.05) is 46.4 Å². The number of amides is 1. The van der Waals surface area contributed by atoms with Crippen molar-refractivity contribution in [2.45, 2.75) is 31.5 Å². The number of hydrogen-bond acceptors (Lipinski definition) is 9. The SMILES string of the molecule is COC1(c2cc(F)c(-c3ccc4cnc(Nc5cnccc5N5C[C@@H](N)[C@@H](N(C)C(C)=O)[C@@H](C)C5)n4n3)c(F)c2)COC1. The van der Waals surface area contributed by atoms with E-state index < -0.39 is 17.2 Å². The van der Waals surface area contributed by atoms with Crippen molar-refractivity contribution in [3.63, 3.8) is 0 Å². The third-order valence-electron chi connectivity index (χ3n) is 8.56. The second-order valence-corrected chi connectivity index (χ2v) is 11.3.